The molecule has 2 aromatic rings. The van der Waals surface area contributed by atoms with Crippen LogP contribution in [0.1, 0.15) is 0 Å². The summed E-state index contributed by atoms with van der Waals surface area (Å²) in [7, 11) is 1.88. The minimum absolute atomic E-state index is 0.582. The first-order chi connectivity index (χ1) is 7.24. The third kappa shape index (κ3) is 1.78. The molecule has 0 unspecified atom stereocenters. The zero-order valence-electron chi connectivity index (χ0n) is 8.50. The Morgan fingerprint density at radius 2 is 2.33 bits per heavy atom. The van der Waals surface area contributed by atoms with Gasteiger partial charge in [-0.25, -0.2) is 0 Å². The molecule has 0 aliphatic carbocycles. The maximum atomic E-state index is 6.10. The summed E-state index contributed by atoms with van der Waals surface area (Å²) in [4.78, 5) is 0. The second-order valence-corrected chi connectivity index (χ2v) is 3.73. The molecular weight excluding hydrogens is 212 g/mol. The minimum atomic E-state index is 0.582. The van der Waals surface area contributed by atoms with Crippen LogP contribution in [0.25, 0.3) is 10.9 Å². The van der Waals surface area contributed by atoms with E-state index in [0.29, 0.717) is 18.1 Å². The molecule has 15 heavy (non-hydrogen) atoms. The van der Waals surface area contributed by atoms with Crippen LogP contribution in [-0.2, 0) is 7.05 Å². The van der Waals surface area contributed by atoms with E-state index in [9.17, 15) is 0 Å². The molecule has 0 saturated heterocycles. The largest absolute Gasteiger partial charge is 0.367 e. The fourth-order valence-electron chi connectivity index (χ4n) is 1.61. The summed E-state index contributed by atoms with van der Waals surface area (Å²) >= 11 is 6.10. The molecule has 3 N–H and O–H groups in total. The second-order valence-electron chi connectivity index (χ2n) is 3.32. The topological polar surface area (TPSA) is 55.9 Å². The average molecular weight is 225 g/mol. The molecule has 0 fully saturated rings. The van der Waals surface area contributed by atoms with Crippen LogP contribution in [0, 0.1) is 0 Å². The summed E-state index contributed by atoms with van der Waals surface area (Å²) in [6.45, 7) is 1.29. The van der Waals surface area contributed by atoms with E-state index >= 15 is 0 Å². The molecule has 1 aromatic carbocycles. The van der Waals surface area contributed by atoms with Crippen LogP contribution in [-0.4, -0.2) is 22.9 Å². The monoisotopic (exact) mass is 224 g/mol. The summed E-state index contributed by atoms with van der Waals surface area (Å²) in [5.74, 6) is 0.834. The number of hydrogen-bond donors (Lipinski definition) is 2. The second kappa shape index (κ2) is 4.08. The quantitative estimate of drug-likeness (QED) is 0.833. The van der Waals surface area contributed by atoms with Gasteiger partial charge < -0.3 is 11.1 Å². The number of rotatable bonds is 3. The van der Waals surface area contributed by atoms with Gasteiger partial charge in [0.25, 0.3) is 0 Å². The predicted molar refractivity (Wildman–Crippen MR) is 63.3 cm³/mol. The van der Waals surface area contributed by atoms with Crippen molar-refractivity contribution < 1.29 is 0 Å². The van der Waals surface area contributed by atoms with E-state index in [-0.39, 0.29) is 0 Å². The number of benzene rings is 1. The third-order valence-electron chi connectivity index (χ3n) is 2.25. The van der Waals surface area contributed by atoms with E-state index in [4.69, 9.17) is 17.3 Å². The first kappa shape index (κ1) is 10.3. The highest BCUT2D eigenvalue weighted by atomic mass is 35.5. The number of aromatic nitrogens is 2. The van der Waals surface area contributed by atoms with Gasteiger partial charge in [-0.05, 0) is 12.1 Å². The molecule has 5 heteroatoms. The molecule has 4 nitrogen and oxygen atoms in total. The van der Waals surface area contributed by atoms with E-state index in [1.807, 2.05) is 25.2 Å². The Morgan fingerprint density at radius 3 is 3.07 bits per heavy atom. The molecule has 0 amide bonds. The van der Waals surface area contributed by atoms with Gasteiger partial charge in [0.2, 0.25) is 0 Å². The first-order valence-corrected chi connectivity index (χ1v) is 5.17. The fraction of sp³-hybridized carbons (Fsp3) is 0.300. The van der Waals surface area contributed by atoms with Crippen molar-refractivity contribution in [3.8, 4) is 0 Å². The van der Waals surface area contributed by atoms with Gasteiger partial charge in [0, 0.05) is 25.5 Å². The van der Waals surface area contributed by atoms with Crippen LogP contribution in [0.3, 0.4) is 0 Å². The lowest BCUT2D eigenvalue weighted by molar-refractivity contribution is 0.796. The number of anilines is 1. The summed E-state index contributed by atoms with van der Waals surface area (Å²) < 4.78 is 1.77. The SMILES string of the molecule is Cn1nc(NCCN)c2cccc(Cl)c21. The van der Waals surface area contributed by atoms with E-state index in [2.05, 4.69) is 10.4 Å². The van der Waals surface area contributed by atoms with Gasteiger partial charge in [-0.1, -0.05) is 17.7 Å². The number of nitrogens with one attached hydrogen (secondary N) is 1. The molecule has 1 aromatic heterocycles. The van der Waals surface area contributed by atoms with Crippen molar-refractivity contribution in [3.05, 3.63) is 23.2 Å². The Labute approximate surface area is 93.0 Å². The lowest BCUT2D eigenvalue weighted by Gasteiger charge is -1.99. The normalized spacial score (nSPS) is 10.9. The Balaban J connectivity index is 2.53. The smallest absolute Gasteiger partial charge is 0.156 e. The molecular formula is C10H13ClN4. The minimum Gasteiger partial charge on any atom is -0.367 e. The summed E-state index contributed by atoms with van der Waals surface area (Å²) in [5.41, 5.74) is 6.38. The average Bonchev–Trinajstić information content (AvgIpc) is 2.54. The first-order valence-electron chi connectivity index (χ1n) is 4.79. The van der Waals surface area contributed by atoms with Crippen molar-refractivity contribution >= 4 is 28.3 Å². The molecule has 1 heterocycles. The maximum Gasteiger partial charge on any atom is 0.156 e. The van der Waals surface area contributed by atoms with Gasteiger partial charge in [-0.2, -0.15) is 5.10 Å². The van der Waals surface area contributed by atoms with Crippen LogP contribution in [0.2, 0.25) is 5.02 Å². The van der Waals surface area contributed by atoms with Gasteiger partial charge in [0.1, 0.15) is 0 Å². The highest BCUT2D eigenvalue weighted by Crippen LogP contribution is 2.27. The van der Waals surface area contributed by atoms with Gasteiger partial charge in [0.05, 0.1) is 10.5 Å². The van der Waals surface area contributed by atoms with Crippen molar-refractivity contribution in [2.45, 2.75) is 0 Å². The fourth-order valence-corrected chi connectivity index (χ4v) is 1.91. The van der Waals surface area contributed by atoms with E-state index in [0.717, 1.165) is 16.7 Å². The standard InChI is InChI=1S/C10H13ClN4/c1-15-9-7(3-2-4-8(9)11)10(14-15)13-6-5-12/h2-4H,5-6,12H2,1H3,(H,13,14). The number of halogens is 1. The zero-order valence-corrected chi connectivity index (χ0v) is 9.25. The predicted octanol–water partition coefficient (Wildman–Crippen LogP) is 1.60. The number of fused-ring (bicyclic) bond motifs is 1. The van der Waals surface area contributed by atoms with Crippen LogP contribution in [0.5, 0.6) is 0 Å². The van der Waals surface area contributed by atoms with Gasteiger partial charge in [-0.3, -0.25) is 4.68 Å². The lowest BCUT2D eigenvalue weighted by atomic mass is 10.2. The van der Waals surface area contributed by atoms with Gasteiger partial charge >= 0.3 is 0 Å². The summed E-state index contributed by atoms with van der Waals surface area (Å²) in [6.07, 6.45) is 0. The van der Waals surface area contributed by atoms with Crippen LogP contribution in [0.15, 0.2) is 18.2 Å². The summed E-state index contributed by atoms with van der Waals surface area (Å²) in [6, 6.07) is 5.77. The summed E-state index contributed by atoms with van der Waals surface area (Å²) in [5, 5.41) is 9.26. The third-order valence-corrected chi connectivity index (χ3v) is 2.56. The number of nitrogens with two attached hydrogens (primary N) is 1. The Morgan fingerprint density at radius 1 is 1.53 bits per heavy atom. The number of para-hydroxylation sites is 1. The molecule has 2 rings (SSSR count). The van der Waals surface area contributed by atoms with Crippen molar-refractivity contribution in [2.75, 3.05) is 18.4 Å². The Bertz CT molecular complexity index is 477. The van der Waals surface area contributed by atoms with Crippen molar-refractivity contribution in [1.29, 1.82) is 0 Å². The van der Waals surface area contributed by atoms with Crippen LogP contribution in [0.4, 0.5) is 5.82 Å². The molecule has 80 valence electrons. The molecule has 0 aliphatic rings. The molecule has 0 atom stereocenters. The van der Waals surface area contributed by atoms with Gasteiger partial charge in [0.15, 0.2) is 5.82 Å². The Hall–Kier alpha value is -1.26. The number of aryl methyl sites for hydroxylation is 1. The number of nitrogens with zero attached hydrogens (tertiary/aromatic N) is 2. The van der Waals surface area contributed by atoms with Gasteiger partial charge in [-0.15, -0.1) is 0 Å². The van der Waals surface area contributed by atoms with Crippen molar-refractivity contribution in [2.24, 2.45) is 12.8 Å². The highest BCUT2D eigenvalue weighted by molar-refractivity contribution is 6.35. The molecule has 0 saturated carbocycles. The Kier molecular flexibility index (Phi) is 2.79. The van der Waals surface area contributed by atoms with Crippen LogP contribution < -0.4 is 11.1 Å². The number of hydrogen-bond acceptors (Lipinski definition) is 3. The molecule has 0 aliphatic heterocycles. The van der Waals surface area contributed by atoms with Crippen molar-refractivity contribution in [3.63, 3.8) is 0 Å². The molecule has 0 bridgehead atoms. The molecule has 0 radical (unpaired) electrons. The zero-order chi connectivity index (χ0) is 10.8. The van der Waals surface area contributed by atoms with E-state index in [1.165, 1.54) is 0 Å². The van der Waals surface area contributed by atoms with Crippen molar-refractivity contribution in [1.82, 2.24) is 9.78 Å². The van der Waals surface area contributed by atoms with E-state index in [1.54, 1.807) is 4.68 Å². The maximum absolute atomic E-state index is 6.10. The van der Waals surface area contributed by atoms with Crippen LogP contribution >= 0.6 is 11.6 Å². The lowest BCUT2D eigenvalue weighted by Crippen LogP contribution is -2.13. The highest BCUT2D eigenvalue weighted by Gasteiger charge is 2.09. The van der Waals surface area contributed by atoms with E-state index < -0.39 is 0 Å². The molecule has 0 spiro atoms.